The number of hydrogen-bond acceptors (Lipinski definition) is 3. The Bertz CT molecular complexity index is 121. The molecule has 1 aliphatic heterocycles. The van der Waals surface area contributed by atoms with Crippen LogP contribution in [-0.2, 0) is 9.53 Å². The monoisotopic (exact) mass is 130 g/mol. The van der Waals surface area contributed by atoms with Gasteiger partial charge >= 0.3 is 5.97 Å². The van der Waals surface area contributed by atoms with Crippen molar-refractivity contribution in [3.63, 3.8) is 0 Å². The highest BCUT2D eigenvalue weighted by Crippen LogP contribution is 2.16. The predicted octanol–water partition coefficient (Wildman–Crippen LogP) is 0.0728. The Balaban J connectivity index is 2.44. The second-order valence-corrected chi connectivity index (χ2v) is 2.22. The number of ether oxygens (including phenoxy) is 1. The van der Waals surface area contributed by atoms with Gasteiger partial charge in [0.25, 0.3) is 0 Å². The lowest BCUT2D eigenvalue weighted by Gasteiger charge is -2.01. The highest BCUT2D eigenvalue weighted by molar-refractivity contribution is 5.76. The van der Waals surface area contributed by atoms with Gasteiger partial charge in [0.2, 0.25) is 0 Å². The first-order chi connectivity index (χ1) is 4.24. The van der Waals surface area contributed by atoms with E-state index in [2.05, 4.69) is 0 Å². The van der Waals surface area contributed by atoms with Crippen molar-refractivity contribution in [2.75, 3.05) is 0 Å². The largest absolute Gasteiger partial charge is 0.460 e. The van der Waals surface area contributed by atoms with Crippen LogP contribution in [0.4, 0.5) is 0 Å². The quantitative estimate of drug-likeness (QED) is 0.511. The van der Waals surface area contributed by atoms with Gasteiger partial charge in [-0.3, -0.25) is 0 Å². The molecule has 1 fully saturated rings. The van der Waals surface area contributed by atoms with E-state index in [1.165, 1.54) is 0 Å². The molecule has 9 heavy (non-hydrogen) atoms. The smallest absolute Gasteiger partial charge is 0.335 e. The van der Waals surface area contributed by atoms with Gasteiger partial charge in [0.05, 0.1) is 0 Å². The van der Waals surface area contributed by atoms with E-state index in [0.29, 0.717) is 6.42 Å². The molecule has 1 N–H and O–H groups in total. The molecule has 0 aliphatic carbocycles. The average molecular weight is 130 g/mol. The third-order valence-corrected chi connectivity index (χ3v) is 1.50. The maximum Gasteiger partial charge on any atom is 0.335 e. The van der Waals surface area contributed by atoms with Crippen molar-refractivity contribution < 1.29 is 14.6 Å². The van der Waals surface area contributed by atoms with Crippen molar-refractivity contribution in [2.45, 2.75) is 32.0 Å². The third-order valence-electron chi connectivity index (χ3n) is 1.50. The van der Waals surface area contributed by atoms with Crippen molar-refractivity contribution in [1.82, 2.24) is 0 Å². The standard InChI is InChI=1S/C6H10O3/c1-2-4-3-5(7)6(8)9-4/h4-5,7H,2-3H2,1H3/t4-,5+/m1/s1. The van der Waals surface area contributed by atoms with E-state index < -0.39 is 12.1 Å². The van der Waals surface area contributed by atoms with Crippen molar-refractivity contribution in [1.29, 1.82) is 0 Å². The van der Waals surface area contributed by atoms with Gasteiger partial charge in [-0.2, -0.15) is 0 Å². The normalized spacial score (nSPS) is 34.7. The molecule has 0 saturated carbocycles. The van der Waals surface area contributed by atoms with Crippen molar-refractivity contribution in [3.8, 4) is 0 Å². The lowest BCUT2D eigenvalue weighted by atomic mass is 10.2. The Hall–Kier alpha value is -0.570. The topological polar surface area (TPSA) is 46.5 Å². The van der Waals surface area contributed by atoms with Crippen LogP contribution >= 0.6 is 0 Å². The fourth-order valence-electron chi connectivity index (χ4n) is 0.886. The summed E-state index contributed by atoms with van der Waals surface area (Å²) in [6, 6.07) is 0. The molecule has 3 nitrogen and oxygen atoms in total. The molecule has 2 atom stereocenters. The molecular weight excluding hydrogens is 120 g/mol. The Kier molecular flexibility index (Phi) is 1.71. The lowest BCUT2D eigenvalue weighted by molar-refractivity contribution is -0.147. The Morgan fingerprint density at radius 3 is 2.78 bits per heavy atom. The van der Waals surface area contributed by atoms with Gasteiger partial charge in [-0.25, -0.2) is 4.79 Å². The molecular formula is C6H10O3. The summed E-state index contributed by atoms with van der Waals surface area (Å²) < 4.78 is 4.73. The number of aliphatic hydroxyl groups is 1. The third kappa shape index (κ3) is 1.21. The van der Waals surface area contributed by atoms with Gasteiger partial charge in [0, 0.05) is 6.42 Å². The summed E-state index contributed by atoms with van der Waals surface area (Å²) in [5, 5.41) is 8.82. The second-order valence-electron chi connectivity index (χ2n) is 2.22. The zero-order valence-electron chi connectivity index (χ0n) is 5.33. The van der Waals surface area contributed by atoms with Crippen LogP contribution in [0.2, 0.25) is 0 Å². The minimum Gasteiger partial charge on any atom is -0.460 e. The molecule has 0 amide bonds. The van der Waals surface area contributed by atoms with Gasteiger partial charge in [-0.1, -0.05) is 6.92 Å². The van der Waals surface area contributed by atoms with Gasteiger partial charge in [-0.15, -0.1) is 0 Å². The maximum atomic E-state index is 10.5. The van der Waals surface area contributed by atoms with Crippen LogP contribution in [0, 0.1) is 0 Å². The van der Waals surface area contributed by atoms with Crippen molar-refractivity contribution in [3.05, 3.63) is 0 Å². The SMILES string of the molecule is CC[C@@H]1C[C@H](O)C(=O)O1. The molecule has 1 rings (SSSR count). The summed E-state index contributed by atoms with van der Waals surface area (Å²) in [4.78, 5) is 10.5. The number of carbonyl (C=O) groups is 1. The first-order valence-electron chi connectivity index (χ1n) is 3.12. The molecule has 3 heteroatoms. The lowest BCUT2D eigenvalue weighted by Crippen LogP contribution is -2.11. The number of rotatable bonds is 1. The molecule has 0 aromatic rings. The van der Waals surface area contributed by atoms with E-state index in [1.807, 2.05) is 6.92 Å². The Morgan fingerprint density at radius 2 is 2.56 bits per heavy atom. The summed E-state index contributed by atoms with van der Waals surface area (Å²) in [5.74, 6) is -0.471. The van der Waals surface area contributed by atoms with Crippen molar-refractivity contribution >= 4 is 5.97 Å². The zero-order chi connectivity index (χ0) is 6.85. The van der Waals surface area contributed by atoms with Gasteiger partial charge in [0.15, 0.2) is 6.10 Å². The second kappa shape index (κ2) is 2.35. The van der Waals surface area contributed by atoms with E-state index in [9.17, 15) is 4.79 Å². The first kappa shape index (κ1) is 6.55. The average Bonchev–Trinajstić information content (AvgIpc) is 2.13. The van der Waals surface area contributed by atoms with Gasteiger partial charge in [-0.05, 0) is 6.42 Å². The van der Waals surface area contributed by atoms with E-state index in [4.69, 9.17) is 9.84 Å². The van der Waals surface area contributed by atoms with E-state index in [1.54, 1.807) is 0 Å². The molecule has 0 aromatic heterocycles. The summed E-state index contributed by atoms with van der Waals surface area (Å²) in [6.07, 6.45) is 0.348. The van der Waals surface area contributed by atoms with Crippen LogP contribution in [0.25, 0.3) is 0 Å². The first-order valence-corrected chi connectivity index (χ1v) is 3.12. The molecule has 52 valence electrons. The molecule has 0 aromatic carbocycles. The minimum atomic E-state index is -0.866. The number of hydrogen-bond donors (Lipinski definition) is 1. The van der Waals surface area contributed by atoms with E-state index >= 15 is 0 Å². The van der Waals surface area contributed by atoms with Crippen LogP contribution < -0.4 is 0 Å². The fraction of sp³-hybridized carbons (Fsp3) is 0.833. The number of carbonyl (C=O) groups excluding carboxylic acids is 1. The fourth-order valence-corrected chi connectivity index (χ4v) is 0.886. The van der Waals surface area contributed by atoms with Crippen LogP contribution in [0.3, 0.4) is 0 Å². The Morgan fingerprint density at radius 1 is 1.89 bits per heavy atom. The number of cyclic esters (lactones) is 1. The van der Waals surface area contributed by atoms with E-state index in [-0.39, 0.29) is 6.10 Å². The van der Waals surface area contributed by atoms with Crippen molar-refractivity contribution in [2.24, 2.45) is 0 Å². The van der Waals surface area contributed by atoms with E-state index in [0.717, 1.165) is 6.42 Å². The molecule has 1 aliphatic rings. The van der Waals surface area contributed by atoms with Crippen LogP contribution in [0.5, 0.6) is 0 Å². The number of esters is 1. The van der Waals surface area contributed by atoms with Gasteiger partial charge < -0.3 is 9.84 Å². The van der Waals surface area contributed by atoms with Gasteiger partial charge in [0.1, 0.15) is 6.10 Å². The summed E-state index contributed by atoms with van der Waals surface area (Å²) >= 11 is 0. The van der Waals surface area contributed by atoms with Crippen LogP contribution in [0.15, 0.2) is 0 Å². The highest BCUT2D eigenvalue weighted by atomic mass is 16.6. The maximum absolute atomic E-state index is 10.5. The van der Waals surface area contributed by atoms with Crippen LogP contribution in [-0.4, -0.2) is 23.3 Å². The molecule has 0 spiro atoms. The minimum absolute atomic E-state index is 0.0486. The number of aliphatic hydroxyl groups excluding tert-OH is 1. The molecule has 0 unspecified atom stereocenters. The Labute approximate surface area is 53.6 Å². The summed E-state index contributed by atoms with van der Waals surface area (Å²) in [6.45, 7) is 1.93. The zero-order valence-corrected chi connectivity index (χ0v) is 5.33. The van der Waals surface area contributed by atoms with Crippen LogP contribution in [0.1, 0.15) is 19.8 Å². The highest BCUT2D eigenvalue weighted by Gasteiger charge is 2.31. The summed E-state index contributed by atoms with van der Waals surface area (Å²) in [5.41, 5.74) is 0. The molecule has 0 bridgehead atoms. The predicted molar refractivity (Wildman–Crippen MR) is 30.8 cm³/mol. The molecule has 1 heterocycles. The summed E-state index contributed by atoms with van der Waals surface area (Å²) in [7, 11) is 0. The molecule has 1 saturated heterocycles. The molecule has 0 radical (unpaired) electrons.